The van der Waals surface area contributed by atoms with Crippen LogP contribution in [0.1, 0.15) is 56.6 Å². The third-order valence-corrected chi connectivity index (χ3v) is 6.59. The number of benzene rings is 1. The number of carbonyl (C=O) groups is 1. The molecule has 0 unspecified atom stereocenters. The zero-order chi connectivity index (χ0) is 21.1. The van der Waals surface area contributed by atoms with Crippen molar-refractivity contribution < 1.29 is 4.79 Å². The molecule has 1 aliphatic heterocycles. The highest BCUT2D eigenvalue weighted by Crippen LogP contribution is 2.28. The third-order valence-electron chi connectivity index (χ3n) is 5.61. The average Bonchev–Trinajstić information content (AvgIpc) is 3.17. The Morgan fingerprint density at radius 2 is 1.80 bits per heavy atom. The molecule has 158 valence electrons. The molecular weight excluding hydrogens is 394 g/mol. The molecule has 3 aromatic rings. The molecule has 7 heteroatoms. The van der Waals surface area contributed by atoms with E-state index >= 15 is 0 Å². The molecule has 1 aliphatic rings. The number of rotatable bonds is 5. The van der Waals surface area contributed by atoms with Crippen LogP contribution in [-0.4, -0.2) is 49.5 Å². The summed E-state index contributed by atoms with van der Waals surface area (Å²) in [6.45, 7) is 8.01. The molecule has 3 heterocycles. The summed E-state index contributed by atoms with van der Waals surface area (Å²) in [4.78, 5) is 14.6. The molecule has 0 bridgehead atoms. The maximum absolute atomic E-state index is 12.6. The number of fused-ring (bicyclic) bond motifs is 1. The fourth-order valence-corrected chi connectivity index (χ4v) is 4.66. The van der Waals surface area contributed by atoms with Gasteiger partial charge in [0.15, 0.2) is 11.5 Å². The number of amides is 1. The molecule has 1 aromatic carbocycles. The third kappa shape index (κ3) is 4.67. The molecule has 1 amide bonds. The fourth-order valence-electron chi connectivity index (χ4n) is 3.77. The Hall–Kier alpha value is -2.41. The molecule has 1 saturated heterocycles. The zero-order valence-corrected chi connectivity index (χ0v) is 18.7. The maximum atomic E-state index is 12.6. The van der Waals surface area contributed by atoms with Crippen LogP contribution < -0.4 is 0 Å². The van der Waals surface area contributed by atoms with E-state index < -0.39 is 0 Å². The van der Waals surface area contributed by atoms with Crippen LogP contribution in [0.15, 0.2) is 42.5 Å². The van der Waals surface area contributed by atoms with Gasteiger partial charge in [0.1, 0.15) is 0 Å². The molecule has 2 aromatic heterocycles. The zero-order valence-electron chi connectivity index (χ0n) is 17.9. The van der Waals surface area contributed by atoms with E-state index in [1.54, 1.807) is 11.8 Å². The summed E-state index contributed by atoms with van der Waals surface area (Å²) >= 11 is 1.68. The summed E-state index contributed by atoms with van der Waals surface area (Å²) in [6.07, 6.45) is 1.80. The van der Waals surface area contributed by atoms with Crippen molar-refractivity contribution in [1.82, 2.24) is 24.7 Å². The smallest absolute Gasteiger partial charge is 0.232 e. The van der Waals surface area contributed by atoms with Gasteiger partial charge in [0.05, 0.1) is 11.4 Å². The van der Waals surface area contributed by atoms with Crippen molar-refractivity contribution >= 4 is 23.3 Å². The molecule has 0 saturated carbocycles. The van der Waals surface area contributed by atoms with Gasteiger partial charge >= 0.3 is 0 Å². The first-order valence-electron chi connectivity index (χ1n) is 10.5. The lowest BCUT2D eigenvalue weighted by molar-refractivity contribution is -0.129. The number of aromatic nitrogens is 4. The Labute approximate surface area is 182 Å². The minimum absolute atomic E-state index is 0.0249. The second kappa shape index (κ2) is 8.76. The first-order chi connectivity index (χ1) is 14.4. The summed E-state index contributed by atoms with van der Waals surface area (Å²) in [5, 5.41) is 13.6. The number of hydrogen-bond donors (Lipinski definition) is 0. The van der Waals surface area contributed by atoms with Gasteiger partial charge in [-0.15, -0.1) is 22.0 Å². The van der Waals surface area contributed by atoms with E-state index in [1.165, 1.54) is 5.56 Å². The van der Waals surface area contributed by atoms with Crippen LogP contribution >= 0.6 is 11.8 Å². The predicted octanol–water partition coefficient (Wildman–Crippen LogP) is 4.06. The molecule has 30 heavy (non-hydrogen) atoms. The quantitative estimate of drug-likeness (QED) is 0.619. The summed E-state index contributed by atoms with van der Waals surface area (Å²) in [5.41, 5.74) is 3.05. The summed E-state index contributed by atoms with van der Waals surface area (Å²) in [6, 6.07) is 14.3. The number of nitrogens with zero attached hydrogens (tertiary/aromatic N) is 5. The second-order valence-corrected chi connectivity index (χ2v) is 9.92. The number of likely N-dealkylation sites (tertiary alicyclic amines) is 1. The van der Waals surface area contributed by atoms with E-state index in [1.807, 2.05) is 39.7 Å². The minimum Gasteiger partial charge on any atom is -0.342 e. The van der Waals surface area contributed by atoms with Crippen LogP contribution in [0.4, 0.5) is 0 Å². The Balaban J connectivity index is 1.34. The van der Waals surface area contributed by atoms with Crippen LogP contribution in [0, 0.1) is 0 Å². The first-order valence-corrected chi connectivity index (χ1v) is 11.7. The van der Waals surface area contributed by atoms with Gasteiger partial charge < -0.3 is 4.90 Å². The Bertz CT molecular complexity index is 1000. The van der Waals surface area contributed by atoms with E-state index in [0.29, 0.717) is 5.75 Å². The van der Waals surface area contributed by atoms with Gasteiger partial charge in [-0.3, -0.25) is 4.79 Å². The number of piperidine rings is 1. The highest BCUT2D eigenvalue weighted by atomic mass is 32.2. The van der Waals surface area contributed by atoms with Crippen molar-refractivity contribution in [2.75, 3.05) is 18.8 Å². The number of hydrogen-bond acceptors (Lipinski definition) is 5. The minimum atomic E-state index is -0.0249. The topological polar surface area (TPSA) is 63.4 Å². The lowest BCUT2D eigenvalue weighted by Crippen LogP contribution is -2.39. The molecule has 1 fully saturated rings. The predicted molar refractivity (Wildman–Crippen MR) is 121 cm³/mol. The van der Waals surface area contributed by atoms with Crippen LogP contribution in [0.2, 0.25) is 0 Å². The van der Waals surface area contributed by atoms with Crippen molar-refractivity contribution in [3.05, 3.63) is 59.5 Å². The van der Waals surface area contributed by atoms with Crippen molar-refractivity contribution in [3.63, 3.8) is 0 Å². The van der Waals surface area contributed by atoms with Crippen molar-refractivity contribution in [2.24, 2.45) is 0 Å². The van der Waals surface area contributed by atoms with E-state index in [9.17, 15) is 4.79 Å². The van der Waals surface area contributed by atoms with Crippen molar-refractivity contribution in [3.8, 4) is 0 Å². The van der Waals surface area contributed by atoms with Gasteiger partial charge in [0.2, 0.25) is 5.91 Å². The van der Waals surface area contributed by atoms with Crippen LogP contribution in [0.5, 0.6) is 0 Å². The normalized spacial score (nSPS) is 15.6. The van der Waals surface area contributed by atoms with Crippen molar-refractivity contribution in [2.45, 2.75) is 50.7 Å². The molecule has 4 rings (SSSR count). The fraction of sp³-hybridized carbons (Fsp3) is 0.478. The second-order valence-electron chi connectivity index (χ2n) is 8.93. The maximum Gasteiger partial charge on any atom is 0.232 e. The van der Waals surface area contributed by atoms with E-state index in [0.717, 1.165) is 48.8 Å². The lowest BCUT2D eigenvalue weighted by Gasteiger charge is -2.31. The van der Waals surface area contributed by atoms with Gasteiger partial charge in [-0.05, 0) is 30.5 Å². The summed E-state index contributed by atoms with van der Waals surface area (Å²) < 4.78 is 1.90. The van der Waals surface area contributed by atoms with E-state index in [2.05, 4.69) is 43.1 Å². The number of carbonyl (C=O) groups excluding carboxylic acids is 1. The molecule has 0 atom stereocenters. The van der Waals surface area contributed by atoms with Gasteiger partial charge in [0, 0.05) is 30.2 Å². The standard InChI is InChI=1S/C23H29N5OS/c1-23(2,3)19-9-10-20-24-25-22(28(20)26-19)18-11-13-27(14-12-18)21(29)16-30-15-17-7-5-4-6-8-17/h4-10,18H,11-16H2,1-3H3. The highest BCUT2D eigenvalue weighted by molar-refractivity contribution is 7.99. The highest BCUT2D eigenvalue weighted by Gasteiger charge is 2.28. The molecular formula is C23H29N5OS. The first kappa shape index (κ1) is 20.8. The monoisotopic (exact) mass is 423 g/mol. The number of thioether (sulfide) groups is 1. The molecule has 0 N–H and O–H groups in total. The summed E-state index contributed by atoms with van der Waals surface area (Å²) in [7, 11) is 0. The van der Waals surface area contributed by atoms with Gasteiger partial charge in [-0.25, -0.2) is 0 Å². The van der Waals surface area contributed by atoms with E-state index in [4.69, 9.17) is 5.10 Å². The van der Waals surface area contributed by atoms with Crippen molar-refractivity contribution in [1.29, 1.82) is 0 Å². The molecule has 0 aliphatic carbocycles. The van der Waals surface area contributed by atoms with Gasteiger partial charge in [0.25, 0.3) is 0 Å². The SMILES string of the molecule is CC(C)(C)c1ccc2nnc(C3CCN(C(=O)CSCc4ccccc4)CC3)n2n1. The lowest BCUT2D eigenvalue weighted by atomic mass is 9.92. The average molecular weight is 424 g/mol. The Morgan fingerprint density at radius 1 is 1.07 bits per heavy atom. The largest absolute Gasteiger partial charge is 0.342 e. The van der Waals surface area contributed by atoms with Gasteiger partial charge in [-0.2, -0.15) is 9.61 Å². The Kier molecular flexibility index (Phi) is 6.09. The van der Waals surface area contributed by atoms with Crippen LogP contribution in [0.3, 0.4) is 0 Å². The molecule has 6 nitrogen and oxygen atoms in total. The van der Waals surface area contributed by atoms with Crippen LogP contribution in [-0.2, 0) is 16.0 Å². The van der Waals surface area contributed by atoms with Gasteiger partial charge in [-0.1, -0.05) is 51.1 Å². The Morgan fingerprint density at radius 3 is 2.50 bits per heavy atom. The van der Waals surface area contributed by atoms with E-state index in [-0.39, 0.29) is 17.2 Å². The van der Waals surface area contributed by atoms with Crippen LogP contribution in [0.25, 0.3) is 5.65 Å². The molecule has 0 radical (unpaired) electrons. The summed E-state index contributed by atoms with van der Waals surface area (Å²) in [5.74, 6) is 2.83. The molecule has 0 spiro atoms.